The zero-order valence-electron chi connectivity index (χ0n) is 9.58. The number of aryl methyl sites for hydroxylation is 1. The molecule has 1 aromatic carbocycles. The van der Waals surface area contributed by atoms with Gasteiger partial charge in [0.15, 0.2) is 0 Å². The third-order valence-corrected chi connectivity index (χ3v) is 3.24. The van der Waals surface area contributed by atoms with Crippen LogP contribution in [-0.4, -0.2) is 10.9 Å². The standard InChI is InChI=1S/C13H10BrClN2O/c1-8-2-3-11(5-12(8)15)17-13(18)9-4-10(14)7-16-6-9/h2-7H,1H3,(H,17,18). The molecule has 0 aliphatic heterocycles. The fourth-order valence-electron chi connectivity index (χ4n) is 1.41. The fraction of sp³-hybridized carbons (Fsp3) is 0.0769. The maximum Gasteiger partial charge on any atom is 0.257 e. The van der Waals surface area contributed by atoms with Crippen molar-refractivity contribution in [1.29, 1.82) is 0 Å². The Labute approximate surface area is 118 Å². The van der Waals surface area contributed by atoms with Crippen LogP contribution in [0.25, 0.3) is 0 Å². The number of halogens is 2. The third kappa shape index (κ3) is 3.09. The first-order valence-corrected chi connectivity index (χ1v) is 6.41. The van der Waals surface area contributed by atoms with Gasteiger partial charge in [-0.15, -0.1) is 0 Å². The monoisotopic (exact) mass is 324 g/mol. The van der Waals surface area contributed by atoms with E-state index < -0.39 is 0 Å². The zero-order valence-corrected chi connectivity index (χ0v) is 11.9. The number of carbonyl (C=O) groups excluding carboxylic acids is 1. The number of nitrogens with one attached hydrogen (secondary N) is 1. The van der Waals surface area contributed by atoms with E-state index in [0.29, 0.717) is 16.3 Å². The summed E-state index contributed by atoms with van der Waals surface area (Å²) in [5.74, 6) is -0.219. The molecular formula is C13H10BrClN2O. The molecule has 1 amide bonds. The Morgan fingerprint density at radius 3 is 2.78 bits per heavy atom. The highest BCUT2D eigenvalue weighted by Crippen LogP contribution is 2.20. The molecule has 92 valence electrons. The number of pyridine rings is 1. The van der Waals surface area contributed by atoms with Gasteiger partial charge in [0.05, 0.1) is 5.56 Å². The fourth-order valence-corrected chi connectivity index (χ4v) is 1.96. The van der Waals surface area contributed by atoms with Crippen LogP contribution < -0.4 is 5.32 Å². The van der Waals surface area contributed by atoms with E-state index in [0.717, 1.165) is 10.0 Å². The van der Waals surface area contributed by atoms with Crippen molar-refractivity contribution in [3.05, 3.63) is 57.3 Å². The van der Waals surface area contributed by atoms with E-state index in [1.54, 1.807) is 18.3 Å². The molecule has 0 fully saturated rings. The minimum atomic E-state index is -0.219. The van der Waals surface area contributed by atoms with Gasteiger partial charge in [-0.2, -0.15) is 0 Å². The number of hydrogen-bond donors (Lipinski definition) is 1. The largest absolute Gasteiger partial charge is 0.322 e. The van der Waals surface area contributed by atoms with Gasteiger partial charge >= 0.3 is 0 Å². The highest BCUT2D eigenvalue weighted by molar-refractivity contribution is 9.10. The van der Waals surface area contributed by atoms with Crippen LogP contribution >= 0.6 is 27.5 Å². The van der Waals surface area contributed by atoms with E-state index in [1.807, 2.05) is 19.1 Å². The average molecular weight is 326 g/mol. The minimum Gasteiger partial charge on any atom is -0.322 e. The molecular weight excluding hydrogens is 316 g/mol. The second kappa shape index (κ2) is 5.50. The van der Waals surface area contributed by atoms with Crippen molar-refractivity contribution in [2.75, 3.05) is 5.32 Å². The van der Waals surface area contributed by atoms with Crippen LogP contribution in [0.4, 0.5) is 5.69 Å². The maximum atomic E-state index is 11.9. The summed E-state index contributed by atoms with van der Waals surface area (Å²) in [5.41, 5.74) is 2.12. The first kappa shape index (κ1) is 13.1. The van der Waals surface area contributed by atoms with Gasteiger partial charge in [-0.05, 0) is 46.6 Å². The molecule has 1 aromatic heterocycles. The molecule has 18 heavy (non-hydrogen) atoms. The molecule has 0 saturated carbocycles. The van der Waals surface area contributed by atoms with Gasteiger partial charge in [-0.3, -0.25) is 9.78 Å². The van der Waals surface area contributed by atoms with Crippen LogP contribution in [0.5, 0.6) is 0 Å². The molecule has 1 heterocycles. The quantitative estimate of drug-likeness (QED) is 0.905. The van der Waals surface area contributed by atoms with E-state index in [-0.39, 0.29) is 5.91 Å². The van der Waals surface area contributed by atoms with Gasteiger partial charge in [0.2, 0.25) is 0 Å². The zero-order chi connectivity index (χ0) is 13.1. The predicted octanol–water partition coefficient (Wildman–Crippen LogP) is 4.06. The van der Waals surface area contributed by atoms with Gasteiger partial charge in [0, 0.05) is 27.6 Å². The Bertz CT molecular complexity index is 601. The van der Waals surface area contributed by atoms with Gasteiger partial charge in [-0.25, -0.2) is 0 Å². The summed E-state index contributed by atoms with van der Waals surface area (Å²) in [6.45, 7) is 1.91. The van der Waals surface area contributed by atoms with Gasteiger partial charge in [-0.1, -0.05) is 17.7 Å². The van der Waals surface area contributed by atoms with Crippen LogP contribution in [0.1, 0.15) is 15.9 Å². The Morgan fingerprint density at radius 2 is 2.11 bits per heavy atom. The Kier molecular flexibility index (Phi) is 3.99. The molecule has 0 bridgehead atoms. The highest BCUT2D eigenvalue weighted by Gasteiger charge is 2.07. The van der Waals surface area contributed by atoms with Crippen LogP contribution in [0, 0.1) is 6.92 Å². The molecule has 0 unspecified atom stereocenters. The molecule has 2 rings (SSSR count). The molecule has 5 heteroatoms. The van der Waals surface area contributed by atoms with Gasteiger partial charge < -0.3 is 5.32 Å². The van der Waals surface area contributed by atoms with Crippen molar-refractivity contribution in [3.8, 4) is 0 Å². The van der Waals surface area contributed by atoms with E-state index >= 15 is 0 Å². The molecule has 0 radical (unpaired) electrons. The molecule has 0 spiro atoms. The average Bonchev–Trinajstić information content (AvgIpc) is 2.34. The number of hydrogen-bond acceptors (Lipinski definition) is 2. The smallest absolute Gasteiger partial charge is 0.257 e. The summed E-state index contributed by atoms with van der Waals surface area (Å²) in [5, 5.41) is 3.39. The summed E-state index contributed by atoms with van der Waals surface area (Å²) in [4.78, 5) is 15.9. The number of nitrogens with zero attached hydrogens (tertiary/aromatic N) is 1. The van der Waals surface area contributed by atoms with Crippen molar-refractivity contribution in [3.63, 3.8) is 0 Å². The van der Waals surface area contributed by atoms with E-state index in [9.17, 15) is 4.79 Å². The second-order valence-corrected chi connectivity index (χ2v) is 5.13. The van der Waals surface area contributed by atoms with E-state index in [2.05, 4.69) is 26.2 Å². The topological polar surface area (TPSA) is 42.0 Å². The molecule has 0 aliphatic carbocycles. The lowest BCUT2D eigenvalue weighted by Crippen LogP contribution is -2.12. The Hall–Kier alpha value is -1.39. The number of rotatable bonds is 2. The number of aromatic nitrogens is 1. The van der Waals surface area contributed by atoms with E-state index in [1.165, 1.54) is 6.20 Å². The lowest BCUT2D eigenvalue weighted by molar-refractivity contribution is 0.102. The van der Waals surface area contributed by atoms with Crippen LogP contribution in [0.15, 0.2) is 41.1 Å². The summed E-state index contributed by atoms with van der Waals surface area (Å²) >= 11 is 9.27. The molecule has 0 aliphatic rings. The van der Waals surface area contributed by atoms with Crippen LogP contribution in [-0.2, 0) is 0 Å². The predicted molar refractivity (Wildman–Crippen MR) is 76.1 cm³/mol. The number of benzene rings is 1. The summed E-state index contributed by atoms with van der Waals surface area (Å²) in [6, 6.07) is 7.10. The first-order chi connectivity index (χ1) is 8.56. The van der Waals surface area contributed by atoms with Crippen molar-refractivity contribution in [1.82, 2.24) is 4.98 Å². The van der Waals surface area contributed by atoms with Crippen molar-refractivity contribution >= 4 is 39.1 Å². The lowest BCUT2D eigenvalue weighted by Gasteiger charge is -2.06. The third-order valence-electron chi connectivity index (χ3n) is 2.40. The summed E-state index contributed by atoms with van der Waals surface area (Å²) in [6.07, 6.45) is 3.13. The summed E-state index contributed by atoms with van der Waals surface area (Å²) in [7, 11) is 0. The SMILES string of the molecule is Cc1ccc(NC(=O)c2cncc(Br)c2)cc1Cl. The number of amides is 1. The number of anilines is 1. The minimum absolute atomic E-state index is 0.219. The van der Waals surface area contributed by atoms with Crippen LogP contribution in [0.2, 0.25) is 5.02 Å². The molecule has 2 aromatic rings. The van der Waals surface area contributed by atoms with Crippen molar-refractivity contribution < 1.29 is 4.79 Å². The van der Waals surface area contributed by atoms with Gasteiger partial charge in [0.1, 0.15) is 0 Å². The van der Waals surface area contributed by atoms with Crippen molar-refractivity contribution in [2.24, 2.45) is 0 Å². The number of carbonyl (C=O) groups is 1. The maximum absolute atomic E-state index is 11.9. The molecule has 0 atom stereocenters. The van der Waals surface area contributed by atoms with Crippen LogP contribution in [0.3, 0.4) is 0 Å². The Morgan fingerprint density at radius 1 is 1.33 bits per heavy atom. The molecule has 0 saturated heterocycles. The molecule has 3 nitrogen and oxygen atoms in total. The normalized spacial score (nSPS) is 10.2. The first-order valence-electron chi connectivity index (χ1n) is 5.24. The second-order valence-electron chi connectivity index (χ2n) is 3.81. The Balaban J connectivity index is 2.18. The van der Waals surface area contributed by atoms with Gasteiger partial charge in [0.25, 0.3) is 5.91 Å². The van der Waals surface area contributed by atoms with E-state index in [4.69, 9.17) is 11.6 Å². The highest BCUT2D eigenvalue weighted by atomic mass is 79.9. The lowest BCUT2D eigenvalue weighted by atomic mass is 10.2. The summed E-state index contributed by atoms with van der Waals surface area (Å²) < 4.78 is 0.761. The van der Waals surface area contributed by atoms with Crippen molar-refractivity contribution in [2.45, 2.75) is 6.92 Å². The molecule has 1 N–H and O–H groups in total.